The molecule has 43 heavy (non-hydrogen) atoms. The zero-order chi connectivity index (χ0) is 30.4. The molecule has 6 rings (SSSR count). The van der Waals surface area contributed by atoms with Crippen LogP contribution in [-0.4, -0.2) is 73.8 Å². The van der Waals surface area contributed by atoms with Gasteiger partial charge in [0.2, 0.25) is 0 Å². The van der Waals surface area contributed by atoms with E-state index in [2.05, 4.69) is 54.2 Å². The number of hydrogen-bond donors (Lipinski definition) is 2. The van der Waals surface area contributed by atoms with Crippen molar-refractivity contribution in [1.29, 1.82) is 5.26 Å². The molecule has 3 aliphatic heterocycles. The average molecular weight is 605 g/mol. The maximum atomic E-state index is 13.3. The van der Waals surface area contributed by atoms with E-state index in [1.165, 1.54) is 58.4 Å². The Hall–Kier alpha value is -2.86. The van der Waals surface area contributed by atoms with Gasteiger partial charge in [0, 0.05) is 61.9 Å². The van der Waals surface area contributed by atoms with Crippen molar-refractivity contribution < 1.29 is 9.53 Å². The highest BCUT2D eigenvalue weighted by atomic mass is 35.5. The van der Waals surface area contributed by atoms with Crippen LogP contribution in [0, 0.1) is 33.5 Å². The molecule has 1 aromatic heterocycles. The van der Waals surface area contributed by atoms with E-state index in [4.69, 9.17) is 26.6 Å². The number of nitriles is 1. The SMILES string of the molecule is CC1(C)C(NC(=O)c2ccc(N3CCC4(CC3)CN(CC3CCNCC3)C4)nc2)C(C)(C)C1Oc1ccc(C#N)c(Cl)c1. The smallest absolute Gasteiger partial charge is 0.253 e. The number of ether oxygens (including phenoxy) is 1. The van der Waals surface area contributed by atoms with E-state index in [-0.39, 0.29) is 28.9 Å². The highest BCUT2D eigenvalue weighted by molar-refractivity contribution is 6.31. The lowest BCUT2D eigenvalue weighted by Gasteiger charge is -2.63. The third-order valence-electron chi connectivity index (χ3n) is 10.7. The number of carbonyl (C=O) groups is 1. The minimum Gasteiger partial charge on any atom is -0.489 e. The number of carbonyl (C=O) groups excluding carboxylic acids is 1. The standard InChI is InChI=1S/C34H45ClN6O2/c1-32(2)30(33(3,4)31(32)43-26-7-5-24(18-36)27(35)17-26)39-29(42)25-6-8-28(38-19-25)41-15-11-34(12-16-41)21-40(22-34)20-23-9-13-37-14-10-23/h5-8,17,19,23,30-31,37H,9-16,20-22H2,1-4H3,(H,39,42). The van der Waals surface area contributed by atoms with E-state index in [0.29, 0.717) is 27.3 Å². The van der Waals surface area contributed by atoms with Crippen molar-refractivity contribution in [1.82, 2.24) is 20.5 Å². The van der Waals surface area contributed by atoms with Gasteiger partial charge in [0.05, 0.1) is 16.1 Å². The van der Waals surface area contributed by atoms with Gasteiger partial charge in [-0.1, -0.05) is 39.3 Å². The lowest BCUT2D eigenvalue weighted by Crippen LogP contribution is -2.74. The van der Waals surface area contributed by atoms with Crippen LogP contribution in [0.1, 0.15) is 69.3 Å². The van der Waals surface area contributed by atoms with Crippen molar-refractivity contribution in [3.8, 4) is 11.8 Å². The van der Waals surface area contributed by atoms with E-state index in [1.54, 1.807) is 24.4 Å². The number of amides is 1. The van der Waals surface area contributed by atoms with E-state index < -0.39 is 0 Å². The minimum atomic E-state index is -0.318. The van der Waals surface area contributed by atoms with Gasteiger partial charge in [0.25, 0.3) is 5.91 Å². The molecular formula is C34H45ClN6O2. The number of anilines is 1. The Kier molecular flexibility index (Phi) is 8.12. The summed E-state index contributed by atoms with van der Waals surface area (Å²) in [6.07, 6.45) is 6.62. The molecule has 4 heterocycles. The van der Waals surface area contributed by atoms with Crippen molar-refractivity contribution >= 4 is 23.3 Å². The molecule has 1 spiro atoms. The molecule has 8 nitrogen and oxygen atoms in total. The molecule has 0 bridgehead atoms. The lowest BCUT2D eigenvalue weighted by atomic mass is 9.49. The summed E-state index contributed by atoms with van der Waals surface area (Å²) < 4.78 is 6.36. The Labute approximate surface area is 261 Å². The predicted octanol–water partition coefficient (Wildman–Crippen LogP) is 5.12. The average Bonchev–Trinajstić information content (AvgIpc) is 2.98. The first-order valence-corrected chi connectivity index (χ1v) is 16.2. The number of nitrogens with zero attached hydrogens (tertiary/aromatic N) is 4. The molecule has 0 radical (unpaired) electrons. The van der Waals surface area contributed by atoms with E-state index in [0.717, 1.165) is 24.8 Å². The summed E-state index contributed by atoms with van der Waals surface area (Å²) >= 11 is 6.23. The molecule has 1 amide bonds. The predicted molar refractivity (Wildman–Crippen MR) is 170 cm³/mol. The number of pyridine rings is 1. The number of aromatic nitrogens is 1. The maximum Gasteiger partial charge on any atom is 0.253 e. The first kappa shape index (κ1) is 30.2. The summed E-state index contributed by atoms with van der Waals surface area (Å²) in [4.78, 5) is 23.1. The molecule has 1 aliphatic carbocycles. The topological polar surface area (TPSA) is 93.5 Å². The zero-order valence-corrected chi connectivity index (χ0v) is 26.7. The van der Waals surface area contributed by atoms with Gasteiger partial charge < -0.3 is 25.2 Å². The van der Waals surface area contributed by atoms with E-state index in [1.807, 2.05) is 12.1 Å². The van der Waals surface area contributed by atoms with Crippen LogP contribution in [0.15, 0.2) is 36.5 Å². The normalized spacial score (nSPS) is 26.2. The molecule has 1 aromatic carbocycles. The second-order valence-electron chi connectivity index (χ2n) is 14.6. The van der Waals surface area contributed by atoms with Crippen molar-refractivity contribution in [3.05, 3.63) is 52.7 Å². The molecular weight excluding hydrogens is 560 g/mol. The summed E-state index contributed by atoms with van der Waals surface area (Å²) in [6, 6.07) is 11.0. The quantitative estimate of drug-likeness (QED) is 0.453. The number of benzene rings is 1. The lowest BCUT2D eigenvalue weighted by molar-refractivity contribution is -0.164. The van der Waals surface area contributed by atoms with Gasteiger partial charge in [-0.15, -0.1) is 0 Å². The summed E-state index contributed by atoms with van der Waals surface area (Å²) in [6.45, 7) is 16.6. The van der Waals surface area contributed by atoms with Crippen LogP contribution in [0.4, 0.5) is 5.82 Å². The first-order chi connectivity index (χ1) is 20.5. The van der Waals surface area contributed by atoms with Gasteiger partial charge >= 0.3 is 0 Å². The molecule has 4 aliphatic rings. The second kappa shape index (κ2) is 11.6. The molecule has 230 valence electrons. The Bertz CT molecular complexity index is 1350. The van der Waals surface area contributed by atoms with Crippen LogP contribution in [0.5, 0.6) is 5.75 Å². The van der Waals surface area contributed by atoms with Crippen molar-refractivity contribution in [3.63, 3.8) is 0 Å². The third kappa shape index (κ3) is 5.84. The van der Waals surface area contributed by atoms with Gasteiger partial charge in [-0.05, 0) is 74.4 Å². The fourth-order valence-electron chi connectivity index (χ4n) is 8.50. The second-order valence-corrected chi connectivity index (χ2v) is 15.0. The molecule has 0 unspecified atom stereocenters. The first-order valence-electron chi connectivity index (χ1n) is 15.8. The number of rotatable bonds is 7. The fourth-order valence-corrected chi connectivity index (χ4v) is 8.72. The number of piperidine rings is 2. The highest BCUT2D eigenvalue weighted by Crippen LogP contribution is 2.55. The Morgan fingerprint density at radius 1 is 1.12 bits per heavy atom. The molecule has 3 saturated heterocycles. The summed E-state index contributed by atoms with van der Waals surface area (Å²) in [5.41, 5.74) is 0.838. The highest BCUT2D eigenvalue weighted by Gasteiger charge is 2.64. The molecule has 2 N–H and O–H groups in total. The molecule has 1 saturated carbocycles. The Morgan fingerprint density at radius 3 is 2.42 bits per heavy atom. The van der Waals surface area contributed by atoms with Crippen molar-refractivity contribution in [2.45, 2.75) is 65.5 Å². The van der Waals surface area contributed by atoms with Crippen LogP contribution >= 0.6 is 11.6 Å². The summed E-state index contributed by atoms with van der Waals surface area (Å²) in [5.74, 6) is 2.32. The Morgan fingerprint density at radius 2 is 1.81 bits per heavy atom. The number of likely N-dealkylation sites (tertiary alicyclic amines) is 1. The maximum absolute atomic E-state index is 13.3. The minimum absolute atomic E-state index is 0.0962. The van der Waals surface area contributed by atoms with Crippen LogP contribution in [0.2, 0.25) is 5.02 Å². The van der Waals surface area contributed by atoms with Crippen molar-refractivity contribution in [2.75, 3.05) is 50.7 Å². The molecule has 0 atom stereocenters. The fraction of sp³-hybridized carbons (Fsp3) is 0.618. The molecule has 9 heteroatoms. The third-order valence-corrected chi connectivity index (χ3v) is 11.0. The van der Waals surface area contributed by atoms with Gasteiger partial charge in [0.15, 0.2) is 0 Å². The van der Waals surface area contributed by atoms with Crippen LogP contribution < -0.4 is 20.3 Å². The largest absolute Gasteiger partial charge is 0.489 e. The van der Waals surface area contributed by atoms with Crippen LogP contribution in [0.3, 0.4) is 0 Å². The monoisotopic (exact) mass is 604 g/mol. The van der Waals surface area contributed by atoms with Gasteiger partial charge in [-0.3, -0.25) is 4.79 Å². The van der Waals surface area contributed by atoms with E-state index in [9.17, 15) is 4.79 Å². The van der Waals surface area contributed by atoms with E-state index >= 15 is 0 Å². The van der Waals surface area contributed by atoms with Crippen LogP contribution in [0.25, 0.3) is 0 Å². The van der Waals surface area contributed by atoms with Crippen LogP contribution in [-0.2, 0) is 0 Å². The zero-order valence-electron chi connectivity index (χ0n) is 26.0. The number of nitrogens with one attached hydrogen (secondary N) is 2. The molecule has 4 fully saturated rings. The Balaban J connectivity index is 1.00. The number of halogens is 1. The van der Waals surface area contributed by atoms with Gasteiger partial charge in [-0.2, -0.15) is 5.26 Å². The van der Waals surface area contributed by atoms with Gasteiger partial charge in [0.1, 0.15) is 23.7 Å². The summed E-state index contributed by atoms with van der Waals surface area (Å²) in [5, 5.41) is 16.3. The summed E-state index contributed by atoms with van der Waals surface area (Å²) in [7, 11) is 0. The van der Waals surface area contributed by atoms with Gasteiger partial charge in [-0.25, -0.2) is 4.98 Å². The van der Waals surface area contributed by atoms with Crippen molar-refractivity contribution in [2.24, 2.45) is 22.2 Å². The molecule has 2 aromatic rings. The number of hydrogen-bond acceptors (Lipinski definition) is 7.